The Hall–Kier alpha value is -2.56. The maximum atomic E-state index is 12.9. The van der Waals surface area contributed by atoms with E-state index in [0.717, 1.165) is 42.2 Å². The first-order valence-corrected chi connectivity index (χ1v) is 7.94. The number of ether oxygens (including phenoxy) is 1. The Balaban J connectivity index is 1.69. The van der Waals surface area contributed by atoms with Crippen LogP contribution in [0.3, 0.4) is 0 Å². The van der Waals surface area contributed by atoms with Crippen LogP contribution in [0.5, 0.6) is 5.75 Å². The number of fused-ring (bicyclic) bond motifs is 3. The standard InChI is InChI=1S/C18H19N3O2/c1-23-14-8-6-13(7-9-14)12-21-15-4-2-10-19-17(15)20-11-3-5-16(20)18(21)22/h2,4,6-10,16H,3,5,11-12H2,1H3/t16-/m0/s1. The Labute approximate surface area is 135 Å². The molecule has 0 spiro atoms. The highest BCUT2D eigenvalue weighted by molar-refractivity contribution is 6.05. The SMILES string of the molecule is COc1ccc(CN2C(=O)[C@@H]3CCCN3c3ncccc32)cc1. The van der Waals surface area contributed by atoms with Crippen LogP contribution in [0.2, 0.25) is 0 Å². The third-order valence-corrected chi connectivity index (χ3v) is 4.63. The quantitative estimate of drug-likeness (QED) is 0.874. The van der Waals surface area contributed by atoms with E-state index in [0.29, 0.717) is 6.54 Å². The molecule has 5 nitrogen and oxygen atoms in total. The van der Waals surface area contributed by atoms with Crippen LogP contribution in [0.4, 0.5) is 11.5 Å². The molecule has 2 aliphatic rings. The summed E-state index contributed by atoms with van der Waals surface area (Å²) in [6.07, 6.45) is 3.76. The second-order valence-electron chi connectivity index (χ2n) is 5.97. The van der Waals surface area contributed by atoms with Gasteiger partial charge < -0.3 is 14.5 Å². The predicted molar refractivity (Wildman–Crippen MR) is 88.8 cm³/mol. The van der Waals surface area contributed by atoms with E-state index in [-0.39, 0.29) is 11.9 Å². The zero-order chi connectivity index (χ0) is 15.8. The van der Waals surface area contributed by atoms with Crippen LogP contribution in [0.25, 0.3) is 0 Å². The molecule has 2 aliphatic heterocycles. The molecule has 1 aromatic carbocycles. The van der Waals surface area contributed by atoms with Gasteiger partial charge in [-0.05, 0) is 42.7 Å². The first kappa shape index (κ1) is 14.1. The van der Waals surface area contributed by atoms with Crippen molar-refractivity contribution < 1.29 is 9.53 Å². The lowest BCUT2D eigenvalue weighted by molar-refractivity contribution is -0.120. The summed E-state index contributed by atoms with van der Waals surface area (Å²) in [6.45, 7) is 1.47. The fraction of sp³-hybridized carbons (Fsp3) is 0.333. The maximum Gasteiger partial charge on any atom is 0.250 e. The van der Waals surface area contributed by atoms with E-state index in [4.69, 9.17) is 4.74 Å². The van der Waals surface area contributed by atoms with E-state index >= 15 is 0 Å². The highest BCUT2D eigenvalue weighted by Gasteiger charge is 2.41. The van der Waals surface area contributed by atoms with Crippen LogP contribution in [-0.4, -0.2) is 30.6 Å². The number of aromatic nitrogens is 1. The Morgan fingerprint density at radius 2 is 2.09 bits per heavy atom. The molecule has 1 fully saturated rings. The minimum absolute atomic E-state index is 0.0596. The van der Waals surface area contributed by atoms with Gasteiger partial charge in [0.15, 0.2) is 5.82 Å². The smallest absolute Gasteiger partial charge is 0.250 e. The fourth-order valence-electron chi connectivity index (χ4n) is 3.47. The molecule has 3 heterocycles. The van der Waals surface area contributed by atoms with Crippen molar-refractivity contribution in [2.45, 2.75) is 25.4 Å². The average Bonchev–Trinajstić information content (AvgIpc) is 3.09. The molecule has 23 heavy (non-hydrogen) atoms. The molecule has 2 aromatic rings. The summed E-state index contributed by atoms with van der Waals surface area (Å²) in [7, 11) is 1.65. The van der Waals surface area contributed by atoms with Crippen LogP contribution in [0.1, 0.15) is 18.4 Å². The summed E-state index contributed by atoms with van der Waals surface area (Å²) in [4.78, 5) is 21.5. The summed E-state index contributed by atoms with van der Waals surface area (Å²) in [6, 6.07) is 11.7. The number of nitrogens with zero attached hydrogens (tertiary/aromatic N) is 3. The van der Waals surface area contributed by atoms with E-state index in [1.165, 1.54) is 0 Å². The van der Waals surface area contributed by atoms with Crippen molar-refractivity contribution in [3.8, 4) is 5.75 Å². The lowest BCUT2D eigenvalue weighted by Gasteiger charge is -2.38. The molecule has 1 aromatic heterocycles. The summed E-state index contributed by atoms with van der Waals surface area (Å²) in [5.74, 6) is 1.93. The normalized spacial score (nSPS) is 19.5. The van der Waals surface area contributed by atoms with Crippen molar-refractivity contribution in [2.24, 2.45) is 0 Å². The zero-order valence-corrected chi connectivity index (χ0v) is 13.1. The van der Waals surface area contributed by atoms with Gasteiger partial charge in [-0.1, -0.05) is 12.1 Å². The topological polar surface area (TPSA) is 45.7 Å². The zero-order valence-electron chi connectivity index (χ0n) is 13.1. The predicted octanol–water partition coefficient (Wildman–Crippen LogP) is 2.61. The lowest BCUT2D eigenvalue weighted by Crippen LogP contribution is -2.50. The van der Waals surface area contributed by atoms with Gasteiger partial charge in [0.1, 0.15) is 11.8 Å². The first-order valence-electron chi connectivity index (χ1n) is 7.94. The summed E-state index contributed by atoms with van der Waals surface area (Å²) in [5.41, 5.74) is 1.99. The van der Waals surface area contributed by atoms with Crippen LogP contribution >= 0.6 is 0 Å². The third-order valence-electron chi connectivity index (χ3n) is 4.63. The third kappa shape index (κ3) is 2.32. The Kier molecular flexibility index (Phi) is 3.41. The molecule has 1 atom stereocenters. The molecular weight excluding hydrogens is 290 g/mol. The molecule has 1 saturated heterocycles. The largest absolute Gasteiger partial charge is 0.497 e. The Morgan fingerprint density at radius 1 is 1.26 bits per heavy atom. The number of hydrogen-bond donors (Lipinski definition) is 0. The molecule has 0 saturated carbocycles. The van der Waals surface area contributed by atoms with Gasteiger partial charge in [0.2, 0.25) is 5.91 Å². The highest BCUT2D eigenvalue weighted by Crippen LogP contribution is 2.38. The monoisotopic (exact) mass is 309 g/mol. The average molecular weight is 309 g/mol. The van der Waals surface area contributed by atoms with Crippen molar-refractivity contribution in [2.75, 3.05) is 23.5 Å². The van der Waals surface area contributed by atoms with Crippen molar-refractivity contribution >= 4 is 17.4 Å². The van der Waals surface area contributed by atoms with Gasteiger partial charge in [0, 0.05) is 12.7 Å². The van der Waals surface area contributed by atoms with Gasteiger partial charge in [-0.2, -0.15) is 0 Å². The van der Waals surface area contributed by atoms with Crippen LogP contribution in [0.15, 0.2) is 42.6 Å². The van der Waals surface area contributed by atoms with Gasteiger partial charge >= 0.3 is 0 Å². The molecule has 4 rings (SSSR count). The molecule has 118 valence electrons. The van der Waals surface area contributed by atoms with E-state index < -0.39 is 0 Å². The Bertz CT molecular complexity index is 729. The van der Waals surface area contributed by atoms with Crippen molar-refractivity contribution in [3.05, 3.63) is 48.2 Å². The number of carbonyl (C=O) groups is 1. The van der Waals surface area contributed by atoms with Crippen molar-refractivity contribution in [1.29, 1.82) is 0 Å². The molecule has 0 N–H and O–H groups in total. The summed E-state index contributed by atoms with van der Waals surface area (Å²) < 4.78 is 5.20. The number of carbonyl (C=O) groups excluding carboxylic acids is 1. The molecule has 0 unspecified atom stereocenters. The van der Waals surface area contributed by atoms with Crippen LogP contribution in [-0.2, 0) is 11.3 Å². The van der Waals surface area contributed by atoms with Gasteiger partial charge in [0.25, 0.3) is 0 Å². The van der Waals surface area contributed by atoms with Gasteiger partial charge in [-0.3, -0.25) is 4.79 Å². The molecule has 0 aliphatic carbocycles. The minimum Gasteiger partial charge on any atom is -0.497 e. The minimum atomic E-state index is -0.0596. The van der Waals surface area contributed by atoms with E-state index in [1.54, 1.807) is 13.3 Å². The molecular formula is C18H19N3O2. The number of methoxy groups -OCH3 is 1. The molecule has 0 radical (unpaired) electrons. The number of rotatable bonds is 3. The van der Waals surface area contributed by atoms with Crippen LogP contribution < -0.4 is 14.5 Å². The number of benzene rings is 1. The second kappa shape index (κ2) is 5.57. The van der Waals surface area contributed by atoms with Gasteiger partial charge in [-0.25, -0.2) is 4.98 Å². The summed E-state index contributed by atoms with van der Waals surface area (Å²) in [5, 5.41) is 0. The highest BCUT2D eigenvalue weighted by atomic mass is 16.5. The van der Waals surface area contributed by atoms with E-state index in [2.05, 4.69) is 9.88 Å². The lowest BCUT2D eigenvalue weighted by atomic mass is 10.1. The van der Waals surface area contributed by atoms with E-state index in [1.807, 2.05) is 41.3 Å². The first-order chi connectivity index (χ1) is 11.3. The fourth-order valence-corrected chi connectivity index (χ4v) is 3.47. The number of anilines is 2. The van der Waals surface area contributed by atoms with Gasteiger partial charge in [0.05, 0.1) is 19.3 Å². The van der Waals surface area contributed by atoms with Crippen molar-refractivity contribution in [3.63, 3.8) is 0 Å². The van der Waals surface area contributed by atoms with E-state index in [9.17, 15) is 4.79 Å². The summed E-state index contributed by atoms with van der Waals surface area (Å²) >= 11 is 0. The number of amides is 1. The molecule has 5 heteroatoms. The Morgan fingerprint density at radius 3 is 2.87 bits per heavy atom. The molecule has 1 amide bonds. The second-order valence-corrected chi connectivity index (χ2v) is 5.97. The van der Waals surface area contributed by atoms with Crippen molar-refractivity contribution in [1.82, 2.24) is 4.98 Å². The number of pyridine rings is 1. The van der Waals surface area contributed by atoms with Gasteiger partial charge in [-0.15, -0.1) is 0 Å². The molecule has 0 bridgehead atoms. The number of hydrogen-bond acceptors (Lipinski definition) is 4. The maximum absolute atomic E-state index is 12.9. The van der Waals surface area contributed by atoms with Crippen LogP contribution in [0, 0.1) is 0 Å².